The van der Waals surface area contributed by atoms with E-state index in [-0.39, 0.29) is 12.0 Å². The van der Waals surface area contributed by atoms with Gasteiger partial charge in [0.25, 0.3) is 5.91 Å². The maximum absolute atomic E-state index is 11.7. The highest BCUT2D eigenvalue weighted by Crippen LogP contribution is 2.27. The summed E-state index contributed by atoms with van der Waals surface area (Å²) in [6.07, 6.45) is 1.03. The van der Waals surface area contributed by atoms with Gasteiger partial charge in [-0.05, 0) is 26.3 Å². The van der Waals surface area contributed by atoms with Gasteiger partial charge in [-0.3, -0.25) is 9.59 Å². The molecule has 5 nitrogen and oxygen atoms in total. The van der Waals surface area contributed by atoms with Gasteiger partial charge in [0.1, 0.15) is 5.00 Å². The number of nitrogens with one attached hydrogen (secondary N) is 1. The Labute approximate surface area is 110 Å². The third-order valence-corrected chi connectivity index (χ3v) is 3.52. The largest absolute Gasteiger partial charge is 0.382 e. The Kier molecular flexibility index (Phi) is 5.30. The Morgan fingerprint density at radius 1 is 1.56 bits per heavy atom. The van der Waals surface area contributed by atoms with Gasteiger partial charge < -0.3 is 15.8 Å². The zero-order valence-electron chi connectivity index (χ0n) is 10.8. The molecule has 0 bridgehead atoms. The molecule has 0 aliphatic heterocycles. The van der Waals surface area contributed by atoms with Crippen LogP contribution in [-0.4, -0.2) is 25.0 Å². The van der Waals surface area contributed by atoms with Crippen molar-refractivity contribution in [3.05, 3.63) is 16.5 Å². The van der Waals surface area contributed by atoms with E-state index in [9.17, 15) is 9.59 Å². The summed E-state index contributed by atoms with van der Waals surface area (Å²) in [6, 6.07) is 1.68. The average molecular weight is 270 g/mol. The number of methoxy groups -OCH3 is 1. The van der Waals surface area contributed by atoms with Gasteiger partial charge >= 0.3 is 0 Å². The number of anilines is 1. The van der Waals surface area contributed by atoms with Crippen molar-refractivity contribution >= 4 is 28.2 Å². The van der Waals surface area contributed by atoms with Crippen LogP contribution in [0.1, 0.15) is 35.0 Å². The summed E-state index contributed by atoms with van der Waals surface area (Å²) >= 11 is 1.35. The van der Waals surface area contributed by atoms with Crippen LogP contribution in [0, 0.1) is 6.92 Å². The van der Waals surface area contributed by atoms with E-state index in [1.165, 1.54) is 11.3 Å². The molecule has 100 valence electrons. The molecule has 6 heteroatoms. The van der Waals surface area contributed by atoms with Gasteiger partial charge in [0.2, 0.25) is 5.91 Å². The molecule has 0 fully saturated rings. The van der Waals surface area contributed by atoms with Gasteiger partial charge in [-0.15, -0.1) is 11.3 Å². The Hall–Kier alpha value is -1.40. The summed E-state index contributed by atoms with van der Waals surface area (Å²) in [7, 11) is 1.61. The molecular formula is C12H18N2O3S. The molecule has 0 saturated heterocycles. The molecule has 0 saturated carbocycles. The quantitative estimate of drug-likeness (QED) is 0.828. The number of nitrogens with two attached hydrogens (primary N) is 1. The topological polar surface area (TPSA) is 81.4 Å². The van der Waals surface area contributed by atoms with Crippen LogP contribution < -0.4 is 11.1 Å². The van der Waals surface area contributed by atoms with Crippen molar-refractivity contribution in [1.82, 2.24) is 0 Å². The van der Waals surface area contributed by atoms with E-state index in [2.05, 4.69) is 5.32 Å². The van der Waals surface area contributed by atoms with Crippen molar-refractivity contribution < 1.29 is 14.3 Å². The Morgan fingerprint density at radius 3 is 2.78 bits per heavy atom. The first-order chi connectivity index (χ1) is 8.43. The predicted octanol–water partition coefficient (Wildman–Crippen LogP) is 1.91. The number of amides is 2. The zero-order chi connectivity index (χ0) is 13.7. The summed E-state index contributed by atoms with van der Waals surface area (Å²) in [4.78, 5) is 23.8. The fourth-order valence-corrected chi connectivity index (χ4v) is 2.36. The number of rotatable bonds is 6. The Bertz CT molecular complexity index is 443. The minimum Gasteiger partial charge on any atom is -0.382 e. The lowest BCUT2D eigenvalue weighted by Gasteiger charge is -2.09. The SMILES string of the molecule is COC(C)CCC(=O)Nc1sc(C)cc1C(N)=O. The minimum absolute atomic E-state index is 0.0384. The van der Waals surface area contributed by atoms with E-state index in [1.54, 1.807) is 13.2 Å². The van der Waals surface area contributed by atoms with Gasteiger partial charge in [-0.1, -0.05) is 0 Å². The third kappa shape index (κ3) is 4.12. The molecule has 0 aromatic carbocycles. The lowest BCUT2D eigenvalue weighted by molar-refractivity contribution is -0.116. The molecule has 1 atom stereocenters. The Balaban J connectivity index is 2.61. The van der Waals surface area contributed by atoms with E-state index in [1.807, 2.05) is 13.8 Å². The van der Waals surface area contributed by atoms with Gasteiger partial charge in [-0.25, -0.2) is 0 Å². The molecule has 0 spiro atoms. The molecule has 1 aromatic heterocycles. The fourth-order valence-electron chi connectivity index (χ4n) is 1.43. The molecule has 0 aliphatic rings. The van der Waals surface area contributed by atoms with Crippen molar-refractivity contribution in [2.45, 2.75) is 32.8 Å². The van der Waals surface area contributed by atoms with Crippen LogP contribution in [0.2, 0.25) is 0 Å². The van der Waals surface area contributed by atoms with E-state index in [0.29, 0.717) is 23.4 Å². The van der Waals surface area contributed by atoms with Gasteiger partial charge in [0.05, 0.1) is 11.7 Å². The second-order valence-electron chi connectivity index (χ2n) is 4.10. The highest BCUT2D eigenvalue weighted by Gasteiger charge is 2.14. The van der Waals surface area contributed by atoms with E-state index in [0.717, 1.165) is 4.88 Å². The first kappa shape index (κ1) is 14.7. The molecule has 2 amide bonds. The van der Waals surface area contributed by atoms with Gasteiger partial charge in [-0.2, -0.15) is 0 Å². The van der Waals surface area contributed by atoms with Crippen molar-refractivity contribution in [2.75, 3.05) is 12.4 Å². The first-order valence-electron chi connectivity index (χ1n) is 5.67. The van der Waals surface area contributed by atoms with E-state index < -0.39 is 5.91 Å². The Morgan fingerprint density at radius 2 is 2.22 bits per heavy atom. The second-order valence-corrected chi connectivity index (χ2v) is 5.35. The molecule has 1 heterocycles. The lowest BCUT2D eigenvalue weighted by Crippen LogP contribution is -2.17. The summed E-state index contributed by atoms with van der Waals surface area (Å²) in [5.41, 5.74) is 5.61. The summed E-state index contributed by atoms with van der Waals surface area (Å²) in [6.45, 7) is 3.76. The summed E-state index contributed by atoms with van der Waals surface area (Å²) in [5, 5.41) is 3.24. The van der Waals surface area contributed by atoms with Crippen LogP contribution in [0.4, 0.5) is 5.00 Å². The van der Waals surface area contributed by atoms with Crippen molar-refractivity contribution in [1.29, 1.82) is 0 Å². The maximum Gasteiger partial charge on any atom is 0.251 e. The number of carbonyl (C=O) groups excluding carboxylic acids is 2. The first-order valence-corrected chi connectivity index (χ1v) is 6.48. The van der Waals surface area contributed by atoms with Crippen LogP contribution >= 0.6 is 11.3 Å². The molecule has 0 aliphatic carbocycles. The lowest BCUT2D eigenvalue weighted by atomic mass is 10.2. The molecule has 3 N–H and O–H groups in total. The highest BCUT2D eigenvalue weighted by molar-refractivity contribution is 7.16. The summed E-state index contributed by atoms with van der Waals surface area (Å²) in [5.74, 6) is -0.664. The predicted molar refractivity (Wildman–Crippen MR) is 71.9 cm³/mol. The average Bonchev–Trinajstić information content (AvgIpc) is 2.67. The van der Waals surface area contributed by atoms with Crippen molar-refractivity contribution in [3.8, 4) is 0 Å². The number of carbonyl (C=O) groups is 2. The fraction of sp³-hybridized carbons (Fsp3) is 0.500. The number of hydrogen-bond donors (Lipinski definition) is 2. The van der Waals surface area contributed by atoms with Crippen LogP contribution in [0.3, 0.4) is 0 Å². The number of aryl methyl sites for hydroxylation is 1. The molecule has 1 unspecified atom stereocenters. The number of thiophene rings is 1. The molecule has 1 rings (SSSR count). The van der Waals surface area contributed by atoms with Crippen molar-refractivity contribution in [3.63, 3.8) is 0 Å². The number of hydrogen-bond acceptors (Lipinski definition) is 4. The van der Waals surface area contributed by atoms with E-state index in [4.69, 9.17) is 10.5 Å². The minimum atomic E-state index is -0.528. The van der Waals surface area contributed by atoms with Crippen LogP contribution in [0.25, 0.3) is 0 Å². The smallest absolute Gasteiger partial charge is 0.251 e. The van der Waals surface area contributed by atoms with Gasteiger partial charge in [0, 0.05) is 18.4 Å². The molecule has 1 aromatic rings. The summed E-state index contributed by atoms with van der Waals surface area (Å²) < 4.78 is 5.07. The normalized spacial score (nSPS) is 12.2. The van der Waals surface area contributed by atoms with E-state index >= 15 is 0 Å². The zero-order valence-corrected chi connectivity index (χ0v) is 11.6. The third-order valence-electron chi connectivity index (χ3n) is 2.55. The van der Waals surface area contributed by atoms with Gasteiger partial charge in [0.15, 0.2) is 0 Å². The highest BCUT2D eigenvalue weighted by atomic mass is 32.1. The molecular weight excluding hydrogens is 252 g/mol. The van der Waals surface area contributed by atoms with Crippen LogP contribution in [0.5, 0.6) is 0 Å². The molecule has 0 radical (unpaired) electrons. The van der Waals surface area contributed by atoms with Crippen LogP contribution in [-0.2, 0) is 9.53 Å². The number of primary amides is 1. The second kappa shape index (κ2) is 6.51. The van der Waals surface area contributed by atoms with Crippen molar-refractivity contribution in [2.24, 2.45) is 5.73 Å². The molecule has 18 heavy (non-hydrogen) atoms. The van der Waals surface area contributed by atoms with Crippen LogP contribution in [0.15, 0.2) is 6.07 Å². The monoisotopic (exact) mass is 270 g/mol. The maximum atomic E-state index is 11.7. The number of ether oxygens (including phenoxy) is 1. The standard InChI is InChI=1S/C12H18N2O3S/c1-7(17-3)4-5-10(15)14-12-9(11(13)16)6-8(2)18-12/h6-7H,4-5H2,1-3H3,(H2,13,16)(H,14,15).